The zero-order chi connectivity index (χ0) is 25.5. The van der Waals surface area contributed by atoms with Crippen molar-refractivity contribution in [3.63, 3.8) is 0 Å². The van der Waals surface area contributed by atoms with E-state index in [1.165, 1.54) is 0 Å². The van der Waals surface area contributed by atoms with Gasteiger partial charge >= 0.3 is 0 Å². The Morgan fingerprint density at radius 3 is 2.42 bits per heavy atom. The monoisotopic (exact) mass is 502 g/mol. The number of rotatable bonds is 9. The van der Waals surface area contributed by atoms with Gasteiger partial charge in [0.1, 0.15) is 31.3 Å². The Hall–Kier alpha value is -4.04. The van der Waals surface area contributed by atoms with Gasteiger partial charge < -0.3 is 14.8 Å². The van der Waals surface area contributed by atoms with E-state index in [1.807, 2.05) is 68.4 Å². The minimum Gasteiger partial charge on any atom is -0.490 e. The molecule has 184 valence electrons. The van der Waals surface area contributed by atoms with Gasteiger partial charge in [0.2, 0.25) is 5.91 Å². The summed E-state index contributed by atoms with van der Waals surface area (Å²) in [5.41, 5.74) is 3.42. The minimum absolute atomic E-state index is 0.232. The molecule has 8 heteroatoms. The number of thioether (sulfide) groups is 1. The van der Waals surface area contributed by atoms with E-state index < -0.39 is 17.1 Å². The molecule has 0 spiro atoms. The largest absolute Gasteiger partial charge is 0.490 e. The summed E-state index contributed by atoms with van der Waals surface area (Å²) in [5, 5.41) is 2.26. The number of hydrogen-bond acceptors (Lipinski definition) is 6. The van der Waals surface area contributed by atoms with Gasteiger partial charge in [-0.05, 0) is 73.1 Å². The van der Waals surface area contributed by atoms with E-state index in [-0.39, 0.29) is 11.4 Å². The molecule has 3 aromatic carbocycles. The number of imide groups is 1. The number of carbonyl (C=O) groups is 3. The van der Waals surface area contributed by atoms with Gasteiger partial charge in [-0.15, -0.1) is 0 Å². The van der Waals surface area contributed by atoms with E-state index in [0.717, 1.165) is 33.5 Å². The lowest BCUT2D eigenvalue weighted by molar-refractivity contribution is -0.127. The lowest BCUT2D eigenvalue weighted by Gasteiger charge is -2.13. The van der Waals surface area contributed by atoms with Gasteiger partial charge in [-0.3, -0.25) is 19.3 Å². The Kier molecular flexibility index (Phi) is 8.07. The third-order valence-corrected chi connectivity index (χ3v) is 6.43. The van der Waals surface area contributed by atoms with Crippen molar-refractivity contribution in [1.29, 1.82) is 0 Å². The van der Waals surface area contributed by atoms with Crippen molar-refractivity contribution in [2.24, 2.45) is 0 Å². The van der Waals surface area contributed by atoms with Crippen LogP contribution in [0.1, 0.15) is 16.7 Å². The van der Waals surface area contributed by atoms with Gasteiger partial charge in [-0.1, -0.05) is 42.5 Å². The molecule has 0 aromatic heterocycles. The van der Waals surface area contributed by atoms with Crippen LogP contribution >= 0.6 is 11.8 Å². The van der Waals surface area contributed by atoms with Crippen molar-refractivity contribution in [3.8, 4) is 11.5 Å². The van der Waals surface area contributed by atoms with Crippen LogP contribution in [0.4, 0.5) is 10.5 Å². The highest BCUT2D eigenvalue weighted by Gasteiger charge is 2.36. The van der Waals surface area contributed by atoms with Crippen LogP contribution in [-0.2, 0) is 9.59 Å². The molecule has 0 aliphatic carbocycles. The van der Waals surface area contributed by atoms with Crippen LogP contribution in [0.25, 0.3) is 6.08 Å². The Bertz CT molecular complexity index is 1310. The number of nitrogens with one attached hydrogen (secondary N) is 1. The quantitative estimate of drug-likeness (QED) is 0.310. The first-order chi connectivity index (χ1) is 17.4. The summed E-state index contributed by atoms with van der Waals surface area (Å²) in [4.78, 5) is 39.1. The van der Waals surface area contributed by atoms with Crippen molar-refractivity contribution in [3.05, 3.63) is 94.4 Å². The summed E-state index contributed by atoms with van der Waals surface area (Å²) < 4.78 is 11.5. The first kappa shape index (κ1) is 25.1. The summed E-state index contributed by atoms with van der Waals surface area (Å²) in [6.07, 6.45) is 1.61. The van der Waals surface area contributed by atoms with Gasteiger partial charge in [0, 0.05) is 11.3 Å². The van der Waals surface area contributed by atoms with E-state index in [4.69, 9.17) is 9.47 Å². The van der Waals surface area contributed by atoms with Crippen LogP contribution in [0.3, 0.4) is 0 Å². The zero-order valence-electron chi connectivity index (χ0n) is 20.0. The molecule has 1 heterocycles. The van der Waals surface area contributed by atoms with Crippen molar-refractivity contribution in [1.82, 2.24) is 4.90 Å². The Morgan fingerprint density at radius 2 is 1.64 bits per heavy atom. The van der Waals surface area contributed by atoms with Crippen molar-refractivity contribution >= 4 is 40.6 Å². The second-order valence-corrected chi connectivity index (χ2v) is 9.16. The molecule has 36 heavy (non-hydrogen) atoms. The van der Waals surface area contributed by atoms with E-state index in [1.54, 1.807) is 24.3 Å². The molecule has 0 saturated carbocycles. The number of nitrogens with zero attached hydrogens (tertiary/aromatic N) is 1. The number of amides is 3. The maximum Gasteiger partial charge on any atom is 0.294 e. The predicted octanol–water partition coefficient (Wildman–Crippen LogP) is 5.44. The molecule has 4 rings (SSSR count). The van der Waals surface area contributed by atoms with Gasteiger partial charge in [0.05, 0.1) is 4.91 Å². The Labute approximate surface area is 214 Å². The maximum atomic E-state index is 12.9. The highest BCUT2D eigenvalue weighted by Crippen LogP contribution is 2.34. The second-order valence-electron chi connectivity index (χ2n) is 8.16. The molecule has 3 amide bonds. The maximum absolute atomic E-state index is 12.9. The summed E-state index contributed by atoms with van der Waals surface area (Å²) in [5.74, 6) is 0.365. The smallest absolute Gasteiger partial charge is 0.294 e. The molecule has 1 fully saturated rings. The fourth-order valence-corrected chi connectivity index (χ4v) is 4.33. The average Bonchev–Trinajstić information content (AvgIpc) is 3.13. The predicted molar refractivity (Wildman–Crippen MR) is 141 cm³/mol. The van der Waals surface area contributed by atoms with Crippen molar-refractivity contribution in [2.75, 3.05) is 25.1 Å². The molecular weight excluding hydrogens is 476 g/mol. The van der Waals surface area contributed by atoms with Crippen molar-refractivity contribution in [2.45, 2.75) is 13.8 Å². The molecule has 1 aliphatic heterocycles. The number of aryl methyl sites for hydroxylation is 2. The SMILES string of the molecule is Cc1ccc(NC(=O)CN2C(=O)S/C(=C/c3ccccc3OCCOc3ccccc3)C2=O)cc1C. The number of benzene rings is 3. The molecule has 3 aromatic rings. The summed E-state index contributed by atoms with van der Waals surface area (Å²) >= 11 is 0.802. The number of ether oxygens (including phenoxy) is 2. The van der Waals surface area contributed by atoms with Crippen LogP contribution in [0.15, 0.2) is 77.7 Å². The molecular formula is C28H26N2O5S. The number of carbonyl (C=O) groups excluding carboxylic acids is 3. The fraction of sp³-hybridized carbons (Fsp3) is 0.179. The number of hydrogen-bond donors (Lipinski definition) is 1. The van der Waals surface area contributed by atoms with Gasteiger partial charge in [-0.25, -0.2) is 0 Å². The van der Waals surface area contributed by atoms with Crippen molar-refractivity contribution < 1.29 is 23.9 Å². The molecule has 1 N–H and O–H groups in total. The van der Waals surface area contributed by atoms with E-state index >= 15 is 0 Å². The molecule has 1 aliphatic rings. The van der Waals surface area contributed by atoms with Gasteiger partial charge in [-0.2, -0.15) is 0 Å². The number of para-hydroxylation sites is 2. The Balaban J connectivity index is 1.37. The van der Waals surface area contributed by atoms with Gasteiger partial charge in [0.15, 0.2) is 0 Å². The Morgan fingerprint density at radius 1 is 0.917 bits per heavy atom. The van der Waals surface area contributed by atoms with E-state index in [9.17, 15) is 14.4 Å². The lowest BCUT2D eigenvalue weighted by atomic mass is 10.1. The third-order valence-electron chi connectivity index (χ3n) is 5.52. The lowest BCUT2D eigenvalue weighted by Crippen LogP contribution is -2.36. The average molecular weight is 503 g/mol. The number of anilines is 1. The molecule has 0 bridgehead atoms. The second kappa shape index (κ2) is 11.6. The third kappa shape index (κ3) is 6.34. The zero-order valence-corrected chi connectivity index (χ0v) is 20.8. The summed E-state index contributed by atoms with van der Waals surface area (Å²) in [7, 11) is 0. The standard InChI is InChI=1S/C28H26N2O5S/c1-19-12-13-22(16-20(19)2)29-26(31)18-30-27(32)25(36-28(30)33)17-21-8-6-7-11-24(21)35-15-14-34-23-9-4-3-5-10-23/h3-13,16-17H,14-15,18H2,1-2H3,(H,29,31)/b25-17+. The highest BCUT2D eigenvalue weighted by molar-refractivity contribution is 8.18. The topological polar surface area (TPSA) is 84.9 Å². The molecule has 0 unspecified atom stereocenters. The van der Waals surface area contributed by atoms with Crippen LogP contribution in [0.2, 0.25) is 0 Å². The van der Waals surface area contributed by atoms with Crippen LogP contribution < -0.4 is 14.8 Å². The molecule has 0 radical (unpaired) electrons. The first-order valence-corrected chi connectivity index (χ1v) is 12.2. The normalized spacial score (nSPS) is 14.3. The molecule has 0 atom stereocenters. The summed E-state index contributed by atoms with van der Waals surface area (Å²) in [6, 6.07) is 22.2. The highest BCUT2D eigenvalue weighted by atomic mass is 32.2. The van der Waals surface area contributed by atoms with Crippen LogP contribution in [0.5, 0.6) is 11.5 Å². The van der Waals surface area contributed by atoms with Crippen LogP contribution in [-0.4, -0.2) is 41.7 Å². The molecule has 7 nitrogen and oxygen atoms in total. The first-order valence-electron chi connectivity index (χ1n) is 11.4. The van der Waals surface area contributed by atoms with E-state index in [0.29, 0.717) is 30.2 Å². The molecule has 1 saturated heterocycles. The fourth-order valence-electron chi connectivity index (χ4n) is 3.50. The van der Waals surface area contributed by atoms with E-state index in [2.05, 4.69) is 5.32 Å². The summed E-state index contributed by atoms with van der Waals surface area (Å²) in [6.45, 7) is 4.23. The van der Waals surface area contributed by atoms with Gasteiger partial charge in [0.25, 0.3) is 11.1 Å². The van der Waals surface area contributed by atoms with Crippen LogP contribution in [0, 0.1) is 13.8 Å². The minimum atomic E-state index is -0.512.